The highest BCUT2D eigenvalue weighted by atomic mass is 14.9. The van der Waals surface area contributed by atoms with Crippen LogP contribution in [0.1, 0.15) is 20.8 Å². The molecule has 0 N–H and O–H groups in total. The first-order chi connectivity index (χ1) is 11.8. The van der Waals surface area contributed by atoms with Gasteiger partial charge in [-0.15, -0.1) is 0 Å². The van der Waals surface area contributed by atoms with Crippen molar-refractivity contribution in [2.24, 2.45) is 7.05 Å². The average molecular weight is 291 g/mol. The van der Waals surface area contributed by atoms with Gasteiger partial charge in [-0.2, -0.15) is 4.57 Å². The predicted octanol–water partition coefficient (Wildman–Crippen LogP) is 4.77. The summed E-state index contributed by atoms with van der Waals surface area (Å²) in [4.78, 5) is 0. The van der Waals surface area contributed by atoms with Crippen molar-refractivity contribution in [1.82, 2.24) is 0 Å². The van der Waals surface area contributed by atoms with Gasteiger partial charge in [-0.1, -0.05) is 35.9 Å². The van der Waals surface area contributed by atoms with E-state index in [1.807, 2.05) is 44.3 Å². The zero-order valence-corrected chi connectivity index (χ0v) is 13.2. The highest BCUT2D eigenvalue weighted by Gasteiger charge is 2.18. The molecule has 1 heterocycles. The van der Waals surface area contributed by atoms with Crippen LogP contribution in [0.4, 0.5) is 0 Å². The molecule has 0 bridgehead atoms. The Hall–Kier alpha value is -2.41. The fraction of sp³-hybridized carbons (Fsp3) is 0.190. The minimum Gasteiger partial charge on any atom is -0.194 e. The summed E-state index contributed by atoms with van der Waals surface area (Å²) < 4.78 is 25.2. The molecule has 0 amide bonds. The lowest BCUT2D eigenvalue weighted by Gasteiger charge is -2.10. The molecule has 0 spiro atoms. The minimum absolute atomic E-state index is 0.370. The van der Waals surface area contributed by atoms with Crippen molar-refractivity contribution in [3.8, 4) is 22.5 Å². The van der Waals surface area contributed by atoms with Crippen LogP contribution in [-0.4, -0.2) is 0 Å². The molecule has 0 saturated heterocycles. The Bertz CT molecular complexity index is 927. The van der Waals surface area contributed by atoms with Crippen LogP contribution in [0.15, 0.2) is 60.7 Å². The Kier molecular flexibility index (Phi) is 2.93. The number of pyridine rings is 1. The van der Waals surface area contributed by atoms with E-state index in [4.69, 9.17) is 4.11 Å². The molecule has 110 valence electrons. The summed E-state index contributed by atoms with van der Waals surface area (Å²) in [7, 11) is 2.03. The fourth-order valence-corrected chi connectivity index (χ4v) is 2.88. The molecule has 3 aromatic rings. The second-order valence-electron chi connectivity index (χ2n) is 5.70. The van der Waals surface area contributed by atoms with Crippen LogP contribution in [0.2, 0.25) is 0 Å². The number of aryl methyl sites for hydroxylation is 3. The molecule has 22 heavy (non-hydrogen) atoms. The zero-order chi connectivity index (χ0) is 18.2. The third-order valence-corrected chi connectivity index (χ3v) is 4.17. The first-order valence-corrected chi connectivity index (χ1v) is 7.45. The van der Waals surface area contributed by atoms with Gasteiger partial charge in [0.2, 0.25) is 11.4 Å². The van der Waals surface area contributed by atoms with Crippen molar-refractivity contribution >= 4 is 0 Å². The van der Waals surface area contributed by atoms with Gasteiger partial charge in [0.1, 0.15) is 7.05 Å². The van der Waals surface area contributed by atoms with Crippen molar-refractivity contribution in [3.05, 3.63) is 77.4 Å². The van der Waals surface area contributed by atoms with Crippen molar-refractivity contribution in [2.45, 2.75) is 20.7 Å². The number of aromatic nitrogens is 1. The molecular weight excluding hydrogens is 266 g/mol. The SMILES string of the molecule is [2H]C([2H])([2H])c1ccc(C)c(-c2cccc(-c3ccccc3C)[n+]2C)c1. The highest BCUT2D eigenvalue weighted by Crippen LogP contribution is 2.25. The average Bonchev–Trinajstić information content (AvgIpc) is 2.56. The molecule has 3 rings (SSSR count). The van der Waals surface area contributed by atoms with E-state index >= 15 is 0 Å². The molecule has 0 aliphatic heterocycles. The summed E-state index contributed by atoms with van der Waals surface area (Å²) in [6.45, 7) is 2.01. The summed E-state index contributed by atoms with van der Waals surface area (Å²) in [5.74, 6) is 0. The van der Waals surface area contributed by atoms with Gasteiger partial charge in [0.05, 0.1) is 0 Å². The minimum atomic E-state index is -2.10. The maximum Gasteiger partial charge on any atom is 0.213 e. The van der Waals surface area contributed by atoms with E-state index in [2.05, 4.69) is 29.7 Å². The van der Waals surface area contributed by atoms with Gasteiger partial charge in [-0.3, -0.25) is 0 Å². The molecule has 1 nitrogen and oxygen atoms in total. The van der Waals surface area contributed by atoms with Crippen molar-refractivity contribution in [2.75, 3.05) is 0 Å². The molecule has 0 fully saturated rings. The van der Waals surface area contributed by atoms with Crippen molar-refractivity contribution in [1.29, 1.82) is 0 Å². The lowest BCUT2D eigenvalue weighted by Crippen LogP contribution is -2.34. The maximum absolute atomic E-state index is 7.69. The molecule has 0 aliphatic carbocycles. The Labute approximate surface area is 137 Å². The number of rotatable bonds is 2. The molecular formula is C21H22N+. The summed E-state index contributed by atoms with van der Waals surface area (Å²) >= 11 is 0. The summed E-state index contributed by atoms with van der Waals surface area (Å²) in [5, 5.41) is 0. The van der Waals surface area contributed by atoms with Gasteiger partial charge in [0.25, 0.3) is 0 Å². The van der Waals surface area contributed by atoms with Crippen LogP contribution in [-0.2, 0) is 7.05 Å². The van der Waals surface area contributed by atoms with E-state index in [1.165, 1.54) is 11.1 Å². The summed E-state index contributed by atoms with van der Waals surface area (Å²) in [6.07, 6.45) is 0. The molecule has 2 aromatic carbocycles. The van der Waals surface area contributed by atoms with E-state index in [9.17, 15) is 0 Å². The van der Waals surface area contributed by atoms with E-state index in [0.717, 1.165) is 22.5 Å². The second kappa shape index (κ2) is 5.76. The van der Waals surface area contributed by atoms with Crippen molar-refractivity contribution in [3.63, 3.8) is 0 Å². The third kappa shape index (κ3) is 2.55. The molecule has 0 unspecified atom stereocenters. The lowest BCUT2D eigenvalue weighted by atomic mass is 10.00. The van der Waals surface area contributed by atoms with Crippen molar-refractivity contribution < 1.29 is 8.68 Å². The van der Waals surface area contributed by atoms with Gasteiger partial charge in [0.15, 0.2) is 0 Å². The van der Waals surface area contributed by atoms with Crippen LogP contribution in [0.25, 0.3) is 22.5 Å². The van der Waals surface area contributed by atoms with E-state index in [1.54, 1.807) is 12.1 Å². The van der Waals surface area contributed by atoms with E-state index in [0.29, 0.717) is 5.56 Å². The Morgan fingerprint density at radius 2 is 1.45 bits per heavy atom. The van der Waals surface area contributed by atoms with Gasteiger partial charge in [0, 0.05) is 27.4 Å². The van der Waals surface area contributed by atoms with Gasteiger partial charge >= 0.3 is 0 Å². The Balaban J connectivity index is 2.20. The van der Waals surface area contributed by atoms with Crippen LogP contribution in [0.5, 0.6) is 0 Å². The lowest BCUT2D eigenvalue weighted by molar-refractivity contribution is -0.649. The second-order valence-corrected chi connectivity index (χ2v) is 5.70. The predicted molar refractivity (Wildman–Crippen MR) is 92.7 cm³/mol. The number of hydrogen-bond acceptors (Lipinski definition) is 0. The first kappa shape index (κ1) is 11.2. The zero-order valence-electron chi connectivity index (χ0n) is 16.2. The van der Waals surface area contributed by atoms with Gasteiger partial charge in [-0.05, 0) is 50.0 Å². The number of hydrogen-bond donors (Lipinski definition) is 0. The third-order valence-electron chi connectivity index (χ3n) is 4.17. The van der Waals surface area contributed by atoms with Crippen LogP contribution in [0.3, 0.4) is 0 Å². The van der Waals surface area contributed by atoms with E-state index in [-0.39, 0.29) is 0 Å². The normalized spacial score (nSPS) is 13.3. The van der Waals surface area contributed by atoms with Crippen LogP contribution in [0, 0.1) is 20.7 Å². The quantitative estimate of drug-likeness (QED) is 0.599. The Morgan fingerprint density at radius 3 is 2.18 bits per heavy atom. The van der Waals surface area contributed by atoms with Crippen LogP contribution < -0.4 is 4.57 Å². The molecule has 0 saturated carbocycles. The monoisotopic (exact) mass is 291 g/mol. The Morgan fingerprint density at radius 1 is 0.773 bits per heavy atom. The smallest absolute Gasteiger partial charge is 0.194 e. The maximum atomic E-state index is 7.69. The van der Waals surface area contributed by atoms with E-state index < -0.39 is 6.85 Å². The number of benzene rings is 2. The standard InChI is InChI=1S/C21H22N/c1-15-12-13-17(3)19(14-15)21-11-7-10-20(22(21)4)18-9-6-5-8-16(18)2/h5-14H,1-4H3/q+1/i1D3. The molecule has 0 radical (unpaired) electrons. The van der Waals surface area contributed by atoms with Gasteiger partial charge in [-0.25, -0.2) is 0 Å². The number of nitrogens with zero attached hydrogens (tertiary/aromatic N) is 1. The van der Waals surface area contributed by atoms with Crippen LogP contribution >= 0.6 is 0 Å². The topological polar surface area (TPSA) is 3.88 Å². The van der Waals surface area contributed by atoms with Gasteiger partial charge < -0.3 is 0 Å². The molecule has 1 aromatic heterocycles. The summed E-state index contributed by atoms with van der Waals surface area (Å²) in [6, 6.07) is 19.8. The fourth-order valence-electron chi connectivity index (χ4n) is 2.88. The molecule has 0 aliphatic rings. The highest BCUT2D eigenvalue weighted by molar-refractivity contribution is 5.66. The summed E-state index contributed by atoms with van der Waals surface area (Å²) in [5.41, 5.74) is 6.88. The largest absolute Gasteiger partial charge is 0.213 e. The molecule has 1 heteroatoms. The molecule has 0 atom stereocenters. The first-order valence-electron chi connectivity index (χ1n) is 8.95.